The number of esters is 1. The summed E-state index contributed by atoms with van der Waals surface area (Å²) in [5.74, 6) is -0.769. The van der Waals surface area contributed by atoms with E-state index in [0.29, 0.717) is 5.57 Å². The predicted octanol–water partition coefficient (Wildman–Crippen LogP) is 4.33. The van der Waals surface area contributed by atoms with Crippen LogP contribution in [-0.2, 0) is 25.2 Å². The summed E-state index contributed by atoms with van der Waals surface area (Å²) in [6.45, 7) is 1.97. The van der Waals surface area contributed by atoms with Crippen molar-refractivity contribution in [3.05, 3.63) is 41.7 Å². The van der Waals surface area contributed by atoms with Gasteiger partial charge in [0.15, 0.2) is 0 Å². The molecule has 28 heavy (non-hydrogen) atoms. The number of carbonyl (C=O) groups excluding carboxylic acids is 2. The number of hydrogen-bond donors (Lipinski definition) is 1. The first-order valence-electron chi connectivity index (χ1n) is 8.79. The first kappa shape index (κ1) is 20.0. The largest absolute Gasteiger partial charge is 0.466 e. The molecule has 0 aromatic heterocycles. The van der Waals surface area contributed by atoms with Crippen molar-refractivity contribution in [1.29, 1.82) is 0 Å². The lowest BCUT2D eigenvalue weighted by molar-refractivity contribution is -0.144. The molecule has 6 nitrogen and oxygen atoms in total. The summed E-state index contributed by atoms with van der Waals surface area (Å²) in [5, 5.41) is 2.29. The SMILES string of the molecule is COC(=O)C1=COC(OC(=O)Nc2cccc(C(F)(F)F)c2)C2C(C)CCC12. The molecule has 0 radical (unpaired) electrons. The fraction of sp³-hybridized carbons (Fsp3) is 0.474. The van der Waals surface area contributed by atoms with Crippen molar-refractivity contribution in [2.45, 2.75) is 32.2 Å². The highest BCUT2D eigenvalue weighted by molar-refractivity contribution is 5.89. The summed E-state index contributed by atoms with van der Waals surface area (Å²) in [4.78, 5) is 24.1. The highest BCUT2D eigenvalue weighted by Crippen LogP contribution is 2.46. The molecule has 1 heterocycles. The number of fused-ring (bicyclic) bond motifs is 1. The van der Waals surface area contributed by atoms with Gasteiger partial charge in [-0.2, -0.15) is 13.2 Å². The molecule has 9 heteroatoms. The molecular weight excluding hydrogens is 379 g/mol. The highest BCUT2D eigenvalue weighted by Gasteiger charge is 2.48. The molecule has 1 amide bonds. The first-order valence-corrected chi connectivity index (χ1v) is 8.79. The average Bonchev–Trinajstić information content (AvgIpc) is 3.03. The first-order chi connectivity index (χ1) is 13.2. The second kappa shape index (κ2) is 7.73. The van der Waals surface area contributed by atoms with Crippen molar-refractivity contribution in [1.82, 2.24) is 0 Å². The fourth-order valence-corrected chi connectivity index (χ4v) is 3.81. The minimum Gasteiger partial charge on any atom is -0.466 e. The van der Waals surface area contributed by atoms with Crippen LogP contribution < -0.4 is 5.32 Å². The van der Waals surface area contributed by atoms with Crippen LogP contribution in [0.15, 0.2) is 36.1 Å². The molecule has 1 aliphatic heterocycles. The second-order valence-electron chi connectivity index (χ2n) is 6.92. The Balaban J connectivity index is 1.70. The Bertz CT molecular complexity index is 792. The van der Waals surface area contributed by atoms with Gasteiger partial charge in [-0.05, 0) is 37.0 Å². The van der Waals surface area contributed by atoms with Crippen LogP contribution in [-0.4, -0.2) is 25.5 Å². The Labute approximate surface area is 159 Å². The van der Waals surface area contributed by atoms with E-state index in [4.69, 9.17) is 14.2 Å². The number of anilines is 1. The zero-order valence-corrected chi connectivity index (χ0v) is 15.3. The number of nitrogens with one attached hydrogen (secondary N) is 1. The van der Waals surface area contributed by atoms with Crippen molar-refractivity contribution in [2.75, 3.05) is 12.4 Å². The van der Waals surface area contributed by atoms with Crippen molar-refractivity contribution in [3.8, 4) is 0 Å². The molecule has 0 spiro atoms. The zero-order valence-electron chi connectivity index (χ0n) is 15.3. The van der Waals surface area contributed by atoms with E-state index >= 15 is 0 Å². The summed E-state index contributed by atoms with van der Waals surface area (Å²) < 4.78 is 53.9. The van der Waals surface area contributed by atoms with Crippen LogP contribution in [0.4, 0.5) is 23.7 Å². The third-order valence-electron chi connectivity index (χ3n) is 5.18. The minimum absolute atomic E-state index is 0.0440. The number of methoxy groups -OCH3 is 1. The van der Waals surface area contributed by atoms with Crippen LogP contribution in [0.5, 0.6) is 0 Å². The predicted molar refractivity (Wildman–Crippen MR) is 91.9 cm³/mol. The van der Waals surface area contributed by atoms with Gasteiger partial charge in [0.2, 0.25) is 6.29 Å². The quantitative estimate of drug-likeness (QED) is 0.766. The van der Waals surface area contributed by atoms with Crippen LogP contribution in [0.3, 0.4) is 0 Å². The maximum absolute atomic E-state index is 12.8. The van der Waals surface area contributed by atoms with Crippen molar-refractivity contribution < 1.29 is 37.0 Å². The Morgan fingerprint density at radius 1 is 1.25 bits per heavy atom. The summed E-state index contributed by atoms with van der Waals surface area (Å²) in [6, 6.07) is 4.24. The van der Waals surface area contributed by atoms with Gasteiger partial charge in [-0.3, -0.25) is 5.32 Å². The molecule has 1 N–H and O–H groups in total. The maximum atomic E-state index is 12.8. The maximum Gasteiger partial charge on any atom is 0.416 e. The Morgan fingerprint density at radius 2 is 2.00 bits per heavy atom. The summed E-state index contributed by atoms with van der Waals surface area (Å²) >= 11 is 0. The molecule has 1 aliphatic carbocycles. The van der Waals surface area contributed by atoms with Crippen LogP contribution in [0.1, 0.15) is 25.3 Å². The standard InChI is InChI=1S/C19H20F3NO5/c1-10-6-7-13-14(16(24)26-2)9-27-17(15(10)13)28-18(25)23-12-5-3-4-11(8-12)19(20,21)22/h3-5,8-10,13,15,17H,6-7H2,1-2H3,(H,23,25). The number of benzene rings is 1. The third kappa shape index (κ3) is 4.07. The highest BCUT2D eigenvalue weighted by atomic mass is 19.4. The van der Waals surface area contributed by atoms with Crippen molar-refractivity contribution >= 4 is 17.7 Å². The minimum atomic E-state index is -4.52. The molecule has 1 fully saturated rings. The molecule has 1 aromatic carbocycles. The summed E-state index contributed by atoms with van der Waals surface area (Å²) in [7, 11) is 1.28. The third-order valence-corrected chi connectivity index (χ3v) is 5.18. The van der Waals surface area contributed by atoms with Crippen molar-refractivity contribution in [3.63, 3.8) is 0 Å². The van der Waals surface area contributed by atoms with E-state index < -0.39 is 30.1 Å². The van der Waals surface area contributed by atoms with E-state index in [0.717, 1.165) is 25.0 Å². The fourth-order valence-electron chi connectivity index (χ4n) is 3.81. The van der Waals surface area contributed by atoms with Gasteiger partial charge in [-0.15, -0.1) is 0 Å². The van der Waals surface area contributed by atoms with E-state index in [-0.39, 0.29) is 23.4 Å². The summed E-state index contributed by atoms with van der Waals surface area (Å²) in [6.07, 6.45) is -3.60. The number of ether oxygens (including phenoxy) is 3. The topological polar surface area (TPSA) is 73.9 Å². The zero-order chi connectivity index (χ0) is 20.5. The Morgan fingerprint density at radius 3 is 2.68 bits per heavy atom. The lowest BCUT2D eigenvalue weighted by Gasteiger charge is -2.34. The molecule has 3 rings (SSSR count). The van der Waals surface area contributed by atoms with Crippen LogP contribution in [0.2, 0.25) is 0 Å². The molecular formula is C19H20F3NO5. The molecule has 0 saturated heterocycles. The molecule has 4 unspecified atom stereocenters. The second-order valence-corrected chi connectivity index (χ2v) is 6.92. The van der Waals surface area contributed by atoms with Crippen LogP contribution in [0, 0.1) is 17.8 Å². The number of halogens is 3. The molecule has 152 valence electrons. The number of carbonyl (C=O) groups is 2. The number of amides is 1. The van der Waals surface area contributed by atoms with Gasteiger partial charge in [0.1, 0.15) is 0 Å². The summed E-state index contributed by atoms with van der Waals surface area (Å²) in [5.41, 5.74) is -0.526. The normalized spacial score (nSPS) is 26.5. The average molecular weight is 399 g/mol. The van der Waals surface area contributed by atoms with Gasteiger partial charge in [0.05, 0.1) is 24.5 Å². The number of hydrogen-bond acceptors (Lipinski definition) is 5. The van der Waals surface area contributed by atoms with E-state index in [1.165, 1.54) is 25.5 Å². The van der Waals surface area contributed by atoms with Gasteiger partial charge in [0.25, 0.3) is 0 Å². The van der Waals surface area contributed by atoms with E-state index in [1.807, 2.05) is 6.92 Å². The van der Waals surface area contributed by atoms with E-state index in [9.17, 15) is 22.8 Å². The van der Waals surface area contributed by atoms with Crippen LogP contribution in [0.25, 0.3) is 0 Å². The van der Waals surface area contributed by atoms with Gasteiger partial charge in [-0.1, -0.05) is 13.0 Å². The molecule has 1 aromatic rings. The molecule has 0 bridgehead atoms. The van der Waals surface area contributed by atoms with Crippen molar-refractivity contribution in [2.24, 2.45) is 17.8 Å². The van der Waals surface area contributed by atoms with E-state index in [2.05, 4.69) is 5.32 Å². The smallest absolute Gasteiger partial charge is 0.416 e. The molecule has 4 atom stereocenters. The van der Waals surface area contributed by atoms with Gasteiger partial charge < -0.3 is 14.2 Å². The van der Waals surface area contributed by atoms with Gasteiger partial charge in [-0.25, -0.2) is 9.59 Å². The Kier molecular flexibility index (Phi) is 5.53. The van der Waals surface area contributed by atoms with Gasteiger partial charge >= 0.3 is 18.2 Å². The van der Waals surface area contributed by atoms with Gasteiger partial charge in [0, 0.05) is 17.5 Å². The lowest BCUT2D eigenvalue weighted by Crippen LogP contribution is -2.39. The molecule has 2 aliphatic rings. The number of rotatable bonds is 3. The van der Waals surface area contributed by atoms with Crippen LogP contribution >= 0.6 is 0 Å². The number of alkyl halides is 3. The Hall–Kier alpha value is -2.71. The molecule has 1 saturated carbocycles. The monoisotopic (exact) mass is 399 g/mol. The lowest BCUT2D eigenvalue weighted by atomic mass is 9.83. The van der Waals surface area contributed by atoms with E-state index in [1.54, 1.807) is 0 Å².